The Hall–Kier alpha value is -1.95. The molecule has 2 rings (SSSR count). The lowest BCUT2D eigenvalue weighted by Gasteiger charge is -2.22. The molecular weight excluding hydrogens is 275 g/mol. The third-order valence-corrected chi connectivity index (χ3v) is 3.69. The van der Waals surface area contributed by atoms with Gasteiger partial charge in [-0.3, -0.25) is 9.59 Å². The summed E-state index contributed by atoms with van der Waals surface area (Å²) >= 11 is 0. The molecule has 21 heavy (non-hydrogen) atoms. The molecule has 0 unspecified atom stereocenters. The second kappa shape index (κ2) is 6.22. The number of anilines is 1. The summed E-state index contributed by atoms with van der Waals surface area (Å²) in [6, 6.07) is 4.25. The number of carbonyl (C=O) groups is 2. The molecule has 1 aliphatic rings. The number of benzene rings is 1. The average Bonchev–Trinajstić information content (AvgIpc) is 2.87. The number of nitrogens with one attached hydrogen (secondary N) is 2. The molecule has 0 heterocycles. The van der Waals surface area contributed by atoms with Gasteiger partial charge in [0.15, 0.2) is 0 Å². The van der Waals surface area contributed by atoms with Gasteiger partial charge in [-0.25, -0.2) is 4.39 Å². The molecule has 1 aromatic carbocycles. The molecule has 0 aliphatic heterocycles. The Bertz CT molecular complexity index is 554. The molecule has 114 valence electrons. The van der Waals surface area contributed by atoms with Gasteiger partial charge in [0.25, 0.3) is 0 Å². The van der Waals surface area contributed by atoms with Crippen LogP contribution in [0.15, 0.2) is 18.2 Å². The lowest BCUT2D eigenvalue weighted by molar-refractivity contribution is -0.136. The first-order valence-electron chi connectivity index (χ1n) is 6.97. The summed E-state index contributed by atoms with van der Waals surface area (Å²) in [6.45, 7) is 1.79. The minimum atomic E-state index is -0.943. The van der Waals surface area contributed by atoms with E-state index in [1.54, 1.807) is 13.0 Å². The van der Waals surface area contributed by atoms with E-state index in [2.05, 4.69) is 10.6 Å². The third kappa shape index (κ3) is 4.01. The van der Waals surface area contributed by atoms with Gasteiger partial charge in [-0.2, -0.15) is 0 Å². The largest absolute Gasteiger partial charge is 0.388 e. The standard InChI is InChI=1S/C15H19FN2O3/c1-10-4-5-11(16)12(8-10)18-14(20)13(19)17-9-15(21)6-2-3-7-15/h4-5,8,21H,2-3,6-7,9H2,1H3,(H,17,19)(H,18,20). The molecule has 2 amide bonds. The molecule has 0 saturated heterocycles. The normalized spacial score (nSPS) is 16.5. The van der Waals surface area contributed by atoms with E-state index in [0.29, 0.717) is 12.8 Å². The zero-order chi connectivity index (χ0) is 15.5. The fourth-order valence-corrected chi connectivity index (χ4v) is 2.45. The molecule has 0 atom stereocenters. The zero-order valence-electron chi connectivity index (χ0n) is 11.9. The van der Waals surface area contributed by atoms with Crippen LogP contribution >= 0.6 is 0 Å². The smallest absolute Gasteiger partial charge is 0.313 e. The number of carbonyl (C=O) groups excluding carboxylic acids is 2. The molecule has 0 aromatic heterocycles. The molecule has 1 fully saturated rings. The van der Waals surface area contributed by atoms with Gasteiger partial charge in [0, 0.05) is 6.54 Å². The second-order valence-electron chi connectivity index (χ2n) is 5.55. The first kappa shape index (κ1) is 15.4. The van der Waals surface area contributed by atoms with Crippen molar-refractivity contribution in [3.8, 4) is 0 Å². The van der Waals surface area contributed by atoms with Crippen molar-refractivity contribution in [2.75, 3.05) is 11.9 Å². The third-order valence-electron chi connectivity index (χ3n) is 3.69. The first-order valence-corrected chi connectivity index (χ1v) is 6.97. The Kier molecular flexibility index (Phi) is 4.57. The zero-order valence-corrected chi connectivity index (χ0v) is 11.9. The van der Waals surface area contributed by atoms with Crippen molar-refractivity contribution < 1.29 is 19.1 Å². The minimum Gasteiger partial charge on any atom is -0.388 e. The van der Waals surface area contributed by atoms with Gasteiger partial charge >= 0.3 is 11.8 Å². The van der Waals surface area contributed by atoms with Crippen LogP contribution in [0.5, 0.6) is 0 Å². The van der Waals surface area contributed by atoms with Gasteiger partial charge < -0.3 is 15.7 Å². The van der Waals surface area contributed by atoms with Gasteiger partial charge in [0.2, 0.25) is 0 Å². The molecular formula is C15H19FN2O3. The van der Waals surface area contributed by atoms with Crippen molar-refractivity contribution >= 4 is 17.5 Å². The number of hydrogen-bond donors (Lipinski definition) is 3. The summed E-state index contributed by atoms with van der Waals surface area (Å²) in [7, 11) is 0. The fraction of sp³-hybridized carbons (Fsp3) is 0.467. The van der Waals surface area contributed by atoms with E-state index in [9.17, 15) is 19.1 Å². The van der Waals surface area contributed by atoms with Crippen LogP contribution in [0.3, 0.4) is 0 Å². The first-order chi connectivity index (χ1) is 9.89. The highest BCUT2D eigenvalue weighted by atomic mass is 19.1. The quantitative estimate of drug-likeness (QED) is 0.739. The van der Waals surface area contributed by atoms with Gasteiger partial charge in [-0.05, 0) is 37.5 Å². The topological polar surface area (TPSA) is 78.4 Å². The SMILES string of the molecule is Cc1ccc(F)c(NC(=O)C(=O)NCC2(O)CCCC2)c1. The van der Waals surface area contributed by atoms with Gasteiger partial charge in [0.1, 0.15) is 5.82 Å². The average molecular weight is 294 g/mol. The Morgan fingerprint density at radius 1 is 1.29 bits per heavy atom. The van der Waals surface area contributed by atoms with Crippen LogP contribution < -0.4 is 10.6 Å². The lowest BCUT2D eigenvalue weighted by atomic mass is 10.0. The Morgan fingerprint density at radius 2 is 1.95 bits per heavy atom. The second-order valence-corrected chi connectivity index (χ2v) is 5.55. The van der Waals surface area contributed by atoms with Gasteiger partial charge in [-0.1, -0.05) is 18.9 Å². The minimum absolute atomic E-state index is 0.0327. The van der Waals surface area contributed by atoms with E-state index >= 15 is 0 Å². The van der Waals surface area contributed by atoms with Crippen LogP contribution in [0.1, 0.15) is 31.2 Å². The molecule has 6 heteroatoms. The van der Waals surface area contributed by atoms with E-state index in [1.807, 2.05) is 0 Å². The maximum atomic E-state index is 13.5. The fourth-order valence-electron chi connectivity index (χ4n) is 2.45. The molecule has 3 N–H and O–H groups in total. The maximum Gasteiger partial charge on any atom is 0.313 e. The van der Waals surface area contributed by atoms with E-state index in [0.717, 1.165) is 18.4 Å². The number of halogens is 1. The van der Waals surface area contributed by atoms with Crippen molar-refractivity contribution in [2.45, 2.75) is 38.2 Å². The van der Waals surface area contributed by atoms with Crippen LogP contribution in [-0.2, 0) is 9.59 Å². The predicted octanol–water partition coefficient (Wildman–Crippen LogP) is 1.49. The molecule has 0 bridgehead atoms. The summed E-state index contributed by atoms with van der Waals surface area (Å²) in [5.41, 5.74) is -0.188. The number of aryl methyl sites for hydroxylation is 1. The molecule has 0 spiro atoms. The molecule has 0 radical (unpaired) electrons. The van der Waals surface area contributed by atoms with E-state index in [1.165, 1.54) is 12.1 Å². The number of amides is 2. The van der Waals surface area contributed by atoms with Crippen LogP contribution in [0, 0.1) is 12.7 Å². The summed E-state index contributed by atoms with van der Waals surface area (Å²) < 4.78 is 13.5. The van der Waals surface area contributed by atoms with Crippen LogP contribution in [0.25, 0.3) is 0 Å². The highest BCUT2D eigenvalue weighted by Gasteiger charge is 2.32. The Balaban J connectivity index is 1.90. The van der Waals surface area contributed by atoms with Crippen LogP contribution in [-0.4, -0.2) is 29.1 Å². The monoisotopic (exact) mass is 294 g/mol. The number of rotatable bonds is 3. The highest BCUT2D eigenvalue weighted by Crippen LogP contribution is 2.28. The number of aliphatic hydroxyl groups is 1. The molecule has 1 aliphatic carbocycles. The van der Waals surface area contributed by atoms with Crippen LogP contribution in [0.2, 0.25) is 0 Å². The molecule has 1 aromatic rings. The van der Waals surface area contributed by atoms with Crippen molar-refractivity contribution in [1.29, 1.82) is 0 Å². The summed E-state index contributed by atoms with van der Waals surface area (Å²) in [5.74, 6) is -2.42. The van der Waals surface area contributed by atoms with Gasteiger partial charge in [0.05, 0.1) is 11.3 Å². The van der Waals surface area contributed by atoms with E-state index in [-0.39, 0.29) is 12.2 Å². The van der Waals surface area contributed by atoms with Gasteiger partial charge in [-0.15, -0.1) is 0 Å². The summed E-state index contributed by atoms with van der Waals surface area (Å²) in [5, 5.41) is 14.7. The van der Waals surface area contributed by atoms with E-state index < -0.39 is 23.2 Å². The van der Waals surface area contributed by atoms with Crippen molar-refractivity contribution in [3.63, 3.8) is 0 Å². The van der Waals surface area contributed by atoms with Crippen molar-refractivity contribution in [1.82, 2.24) is 5.32 Å². The highest BCUT2D eigenvalue weighted by molar-refractivity contribution is 6.39. The van der Waals surface area contributed by atoms with Crippen molar-refractivity contribution in [2.24, 2.45) is 0 Å². The maximum absolute atomic E-state index is 13.5. The van der Waals surface area contributed by atoms with E-state index in [4.69, 9.17) is 0 Å². The Labute approximate surface area is 122 Å². The van der Waals surface area contributed by atoms with Crippen molar-refractivity contribution in [3.05, 3.63) is 29.6 Å². The number of hydrogen-bond acceptors (Lipinski definition) is 3. The predicted molar refractivity (Wildman–Crippen MR) is 76.2 cm³/mol. The summed E-state index contributed by atoms with van der Waals surface area (Å²) in [4.78, 5) is 23.4. The lowest BCUT2D eigenvalue weighted by Crippen LogP contribution is -2.44. The van der Waals surface area contributed by atoms with Crippen LogP contribution in [0.4, 0.5) is 10.1 Å². The summed E-state index contributed by atoms with van der Waals surface area (Å²) in [6.07, 6.45) is 3.04. The molecule has 1 saturated carbocycles. The Morgan fingerprint density at radius 3 is 2.62 bits per heavy atom. The molecule has 5 nitrogen and oxygen atoms in total.